The maximum atomic E-state index is 14.7. The predicted octanol–water partition coefficient (Wildman–Crippen LogP) is 3.25. The Morgan fingerprint density at radius 1 is 1.21 bits per heavy atom. The molecule has 3 rings (SSSR count). The second kappa shape index (κ2) is 9.11. The van der Waals surface area contributed by atoms with Crippen molar-refractivity contribution >= 4 is 11.9 Å². The molecule has 0 saturated carbocycles. The number of nitrogens with zero attached hydrogens (tertiary/aromatic N) is 3. The van der Waals surface area contributed by atoms with Crippen molar-refractivity contribution in [3.05, 3.63) is 59.7 Å². The van der Waals surface area contributed by atoms with Gasteiger partial charge >= 0.3 is 6.03 Å². The van der Waals surface area contributed by atoms with Crippen LogP contribution in [-0.4, -0.2) is 52.5 Å². The SMILES string of the molecule is CCNC(=O)N(CC(=O)N1CCn2cccc2C1c1ccccc1F)CC(C)C. The van der Waals surface area contributed by atoms with Crippen LogP contribution >= 0.6 is 0 Å². The van der Waals surface area contributed by atoms with Gasteiger partial charge in [-0.15, -0.1) is 0 Å². The topological polar surface area (TPSA) is 57.6 Å². The van der Waals surface area contributed by atoms with Gasteiger partial charge in [-0.3, -0.25) is 4.79 Å². The molecule has 1 unspecified atom stereocenters. The zero-order chi connectivity index (χ0) is 21.0. The van der Waals surface area contributed by atoms with E-state index < -0.39 is 6.04 Å². The van der Waals surface area contributed by atoms with Crippen LogP contribution in [0.2, 0.25) is 0 Å². The third kappa shape index (κ3) is 4.60. The number of rotatable bonds is 6. The standard InChI is InChI=1S/C22H29FN4O2/c1-4-24-22(29)26(14-16(2)3)15-20(28)27-13-12-25-11-7-10-19(25)21(27)17-8-5-6-9-18(17)23/h5-11,16,21H,4,12-15H2,1-3H3,(H,24,29). The number of carbonyl (C=O) groups excluding carboxylic acids is 2. The lowest BCUT2D eigenvalue weighted by Crippen LogP contribution is -2.50. The predicted molar refractivity (Wildman–Crippen MR) is 110 cm³/mol. The molecule has 1 aliphatic rings. The van der Waals surface area contributed by atoms with E-state index in [0.29, 0.717) is 31.7 Å². The molecule has 0 fully saturated rings. The molecule has 1 aliphatic heterocycles. The fourth-order valence-electron chi connectivity index (χ4n) is 3.85. The number of carbonyl (C=O) groups is 2. The summed E-state index contributed by atoms with van der Waals surface area (Å²) in [7, 11) is 0. The van der Waals surface area contributed by atoms with Crippen molar-refractivity contribution in [1.29, 1.82) is 0 Å². The normalized spacial score (nSPS) is 15.9. The number of urea groups is 1. The monoisotopic (exact) mass is 400 g/mol. The number of amides is 3. The first-order valence-electron chi connectivity index (χ1n) is 10.1. The lowest BCUT2D eigenvalue weighted by molar-refractivity contribution is -0.134. The van der Waals surface area contributed by atoms with Gasteiger partial charge in [0.2, 0.25) is 5.91 Å². The molecule has 2 aromatic rings. The van der Waals surface area contributed by atoms with Crippen molar-refractivity contribution in [3.63, 3.8) is 0 Å². The lowest BCUT2D eigenvalue weighted by atomic mass is 9.99. The first-order chi connectivity index (χ1) is 13.9. The Labute approximate surface area is 171 Å². The first-order valence-corrected chi connectivity index (χ1v) is 10.1. The second-order valence-corrected chi connectivity index (χ2v) is 7.75. The van der Waals surface area contributed by atoms with Crippen LogP contribution in [0.15, 0.2) is 42.6 Å². The van der Waals surface area contributed by atoms with E-state index in [1.807, 2.05) is 39.1 Å². The summed E-state index contributed by atoms with van der Waals surface area (Å²) < 4.78 is 16.7. The third-order valence-electron chi connectivity index (χ3n) is 5.09. The van der Waals surface area contributed by atoms with Gasteiger partial charge in [-0.1, -0.05) is 32.0 Å². The average Bonchev–Trinajstić information content (AvgIpc) is 3.16. The molecule has 0 saturated heterocycles. The van der Waals surface area contributed by atoms with Crippen LogP contribution in [0.25, 0.3) is 0 Å². The molecule has 6 nitrogen and oxygen atoms in total. The van der Waals surface area contributed by atoms with E-state index in [9.17, 15) is 14.0 Å². The molecular formula is C22H29FN4O2. The Bertz CT molecular complexity index is 864. The van der Waals surface area contributed by atoms with E-state index >= 15 is 0 Å². The molecule has 156 valence electrons. The molecule has 3 amide bonds. The Kier molecular flexibility index (Phi) is 6.56. The van der Waals surface area contributed by atoms with Crippen molar-refractivity contribution in [2.24, 2.45) is 5.92 Å². The summed E-state index contributed by atoms with van der Waals surface area (Å²) >= 11 is 0. The van der Waals surface area contributed by atoms with E-state index in [0.717, 1.165) is 5.69 Å². The largest absolute Gasteiger partial charge is 0.348 e. The number of benzene rings is 1. The van der Waals surface area contributed by atoms with Crippen LogP contribution in [0.1, 0.15) is 38.1 Å². The van der Waals surface area contributed by atoms with Gasteiger partial charge in [0.1, 0.15) is 18.4 Å². The number of hydrogen-bond donors (Lipinski definition) is 1. The highest BCUT2D eigenvalue weighted by molar-refractivity contribution is 5.84. The molecule has 2 heterocycles. The summed E-state index contributed by atoms with van der Waals surface area (Å²) in [4.78, 5) is 29.0. The van der Waals surface area contributed by atoms with Gasteiger partial charge in [0, 0.05) is 43.6 Å². The number of fused-ring (bicyclic) bond motifs is 1. The summed E-state index contributed by atoms with van der Waals surface area (Å²) in [5, 5.41) is 2.77. The Morgan fingerprint density at radius 2 is 1.97 bits per heavy atom. The number of halogens is 1. The van der Waals surface area contributed by atoms with Crippen molar-refractivity contribution in [2.45, 2.75) is 33.4 Å². The lowest BCUT2D eigenvalue weighted by Gasteiger charge is -2.38. The van der Waals surface area contributed by atoms with Crippen molar-refractivity contribution < 1.29 is 14.0 Å². The van der Waals surface area contributed by atoms with Gasteiger partial charge in [0.05, 0.1) is 0 Å². The molecular weight excluding hydrogens is 371 g/mol. The third-order valence-corrected chi connectivity index (χ3v) is 5.09. The minimum atomic E-state index is -0.511. The summed E-state index contributed by atoms with van der Waals surface area (Å²) in [6.07, 6.45) is 1.95. The average molecular weight is 400 g/mol. The van der Waals surface area contributed by atoms with Crippen LogP contribution in [0.5, 0.6) is 0 Å². The molecule has 0 radical (unpaired) electrons. The molecule has 0 aliphatic carbocycles. The van der Waals surface area contributed by atoms with E-state index in [-0.39, 0.29) is 30.2 Å². The molecule has 0 bridgehead atoms. The number of nitrogens with one attached hydrogen (secondary N) is 1. The van der Waals surface area contributed by atoms with Gasteiger partial charge in [0.25, 0.3) is 0 Å². The van der Waals surface area contributed by atoms with Gasteiger partial charge in [-0.2, -0.15) is 0 Å². The van der Waals surface area contributed by atoms with Gasteiger partial charge in [-0.25, -0.2) is 9.18 Å². The molecule has 0 spiro atoms. The van der Waals surface area contributed by atoms with Crippen LogP contribution < -0.4 is 5.32 Å². The van der Waals surface area contributed by atoms with E-state index in [1.165, 1.54) is 6.07 Å². The smallest absolute Gasteiger partial charge is 0.317 e. The Morgan fingerprint density at radius 3 is 2.66 bits per heavy atom. The van der Waals surface area contributed by atoms with E-state index in [2.05, 4.69) is 9.88 Å². The molecule has 1 aromatic heterocycles. The fourth-order valence-corrected chi connectivity index (χ4v) is 3.85. The summed E-state index contributed by atoms with van der Waals surface area (Å²) in [6, 6.07) is 9.64. The second-order valence-electron chi connectivity index (χ2n) is 7.75. The maximum Gasteiger partial charge on any atom is 0.317 e. The zero-order valence-electron chi connectivity index (χ0n) is 17.3. The highest BCUT2D eigenvalue weighted by atomic mass is 19.1. The highest BCUT2D eigenvalue weighted by Gasteiger charge is 2.34. The molecule has 1 N–H and O–H groups in total. The highest BCUT2D eigenvalue weighted by Crippen LogP contribution is 2.33. The van der Waals surface area contributed by atoms with Crippen molar-refractivity contribution in [3.8, 4) is 0 Å². The van der Waals surface area contributed by atoms with Crippen LogP contribution in [0, 0.1) is 11.7 Å². The molecule has 1 atom stereocenters. The summed E-state index contributed by atoms with van der Waals surface area (Å²) in [5.74, 6) is -0.295. The Balaban J connectivity index is 1.90. The van der Waals surface area contributed by atoms with E-state index in [4.69, 9.17) is 0 Å². The van der Waals surface area contributed by atoms with Gasteiger partial charge in [-0.05, 0) is 31.0 Å². The fraction of sp³-hybridized carbons (Fsp3) is 0.455. The van der Waals surface area contributed by atoms with Gasteiger partial charge in [0.15, 0.2) is 0 Å². The molecule has 29 heavy (non-hydrogen) atoms. The van der Waals surface area contributed by atoms with E-state index in [1.54, 1.807) is 28.0 Å². The summed E-state index contributed by atoms with van der Waals surface area (Å²) in [5.41, 5.74) is 1.34. The van der Waals surface area contributed by atoms with Crippen LogP contribution in [0.3, 0.4) is 0 Å². The summed E-state index contributed by atoms with van der Waals surface area (Å²) in [6.45, 7) is 7.91. The maximum absolute atomic E-state index is 14.7. The molecule has 1 aromatic carbocycles. The van der Waals surface area contributed by atoms with Crippen LogP contribution in [-0.2, 0) is 11.3 Å². The van der Waals surface area contributed by atoms with Crippen LogP contribution in [0.4, 0.5) is 9.18 Å². The number of hydrogen-bond acceptors (Lipinski definition) is 2. The Hall–Kier alpha value is -2.83. The quantitative estimate of drug-likeness (QED) is 0.809. The minimum Gasteiger partial charge on any atom is -0.348 e. The van der Waals surface area contributed by atoms with Gasteiger partial charge < -0.3 is 19.7 Å². The number of aromatic nitrogens is 1. The zero-order valence-corrected chi connectivity index (χ0v) is 17.3. The first kappa shape index (κ1) is 20.9. The minimum absolute atomic E-state index is 0.0321. The van der Waals surface area contributed by atoms with Crippen molar-refractivity contribution in [1.82, 2.24) is 19.7 Å². The molecule has 7 heteroatoms. The van der Waals surface area contributed by atoms with Crippen molar-refractivity contribution in [2.75, 3.05) is 26.2 Å².